The molecule has 2 nitrogen and oxygen atoms in total. The summed E-state index contributed by atoms with van der Waals surface area (Å²) in [7, 11) is 0. The first-order chi connectivity index (χ1) is 9.06. The zero-order chi connectivity index (χ0) is 13.8. The summed E-state index contributed by atoms with van der Waals surface area (Å²) in [4.78, 5) is 0. The van der Waals surface area contributed by atoms with Crippen LogP contribution in [-0.4, -0.2) is 5.11 Å². The highest BCUT2D eigenvalue weighted by molar-refractivity contribution is 7.80. The van der Waals surface area contributed by atoms with Gasteiger partial charge in [0.25, 0.3) is 0 Å². The maximum absolute atomic E-state index is 13.1. The Labute approximate surface area is 117 Å². The molecule has 0 bridgehead atoms. The Morgan fingerprint density at radius 1 is 1.05 bits per heavy atom. The summed E-state index contributed by atoms with van der Waals surface area (Å²) in [5.41, 5.74) is 3.92. The van der Waals surface area contributed by atoms with Crippen molar-refractivity contribution >= 4 is 28.7 Å². The minimum absolute atomic E-state index is 0.292. The van der Waals surface area contributed by atoms with Crippen molar-refractivity contribution in [3.63, 3.8) is 0 Å². The van der Waals surface area contributed by atoms with Gasteiger partial charge in [-0.3, -0.25) is 0 Å². The molecular weight excluding hydrogens is 259 g/mol. The summed E-state index contributed by atoms with van der Waals surface area (Å²) in [6.45, 7) is 4.08. The van der Waals surface area contributed by atoms with Crippen molar-refractivity contribution in [2.45, 2.75) is 13.8 Å². The van der Waals surface area contributed by atoms with E-state index in [-0.39, 0.29) is 5.82 Å². The SMILES string of the molecule is Cc1cccc(NC(=S)Nc2cccc(F)c2)c1C. The van der Waals surface area contributed by atoms with Crippen LogP contribution in [0.4, 0.5) is 15.8 Å². The fraction of sp³-hybridized carbons (Fsp3) is 0.133. The van der Waals surface area contributed by atoms with E-state index in [1.54, 1.807) is 12.1 Å². The normalized spacial score (nSPS) is 10.1. The van der Waals surface area contributed by atoms with Gasteiger partial charge in [0, 0.05) is 11.4 Å². The van der Waals surface area contributed by atoms with Crippen LogP contribution in [0.15, 0.2) is 42.5 Å². The Balaban J connectivity index is 2.08. The number of aryl methyl sites for hydroxylation is 1. The Morgan fingerprint density at radius 2 is 1.79 bits per heavy atom. The molecule has 0 aromatic heterocycles. The highest BCUT2D eigenvalue weighted by atomic mass is 32.1. The zero-order valence-electron chi connectivity index (χ0n) is 10.8. The van der Waals surface area contributed by atoms with Crippen LogP contribution < -0.4 is 10.6 Å². The largest absolute Gasteiger partial charge is 0.332 e. The Hall–Kier alpha value is -1.94. The summed E-state index contributed by atoms with van der Waals surface area (Å²) >= 11 is 5.22. The van der Waals surface area contributed by atoms with Crippen molar-refractivity contribution in [2.24, 2.45) is 0 Å². The zero-order valence-corrected chi connectivity index (χ0v) is 11.6. The molecule has 0 saturated heterocycles. The quantitative estimate of drug-likeness (QED) is 0.800. The van der Waals surface area contributed by atoms with Crippen molar-refractivity contribution in [1.29, 1.82) is 0 Å². The van der Waals surface area contributed by atoms with E-state index in [1.165, 1.54) is 17.7 Å². The minimum Gasteiger partial charge on any atom is -0.332 e. The van der Waals surface area contributed by atoms with Gasteiger partial charge in [-0.2, -0.15) is 0 Å². The number of hydrogen-bond donors (Lipinski definition) is 2. The van der Waals surface area contributed by atoms with E-state index >= 15 is 0 Å². The fourth-order valence-electron chi connectivity index (χ4n) is 1.74. The molecular formula is C15H15FN2S. The fourth-order valence-corrected chi connectivity index (χ4v) is 1.97. The number of thiocarbonyl (C=S) groups is 1. The molecule has 98 valence electrons. The summed E-state index contributed by atoms with van der Waals surface area (Å²) < 4.78 is 13.1. The maximum Gasteiger partial charge on any atom is 0.175 e. The molecule has 0 amide bonds. The van der Waals surface area contributed by atoms with Crippen LogP contribution in [0, 0.1) is 19.7 Å². The molecule has 0 atom stereocenters. The molecule has 2 rings (SSSR count). The van der Waals surface area contributed by atoms with Gasteiger partial charge < -0.3 is 10.6 Å². The second kappa shape index (κ2) is 5.80. The number of rotatable bonds is 2. The van der Waals surface area contributed by atoms with Crippen LogP contribution in [0.3, 0.4) is 0 Å². The van der Waals surface area contributed by atoms with Crippen LogP contribution in [-0.2, 0) is 0 Å². The molecule has 0 radical (unpaired) electrons. The molecule has 0 aliphatic carbocycles. The molecule has 2 N–H and O–H groups in total. The van der Waals surface area contributed by atoms with E-state index in [2.05, 4.69) is 10.6 Å². The first-order valence-electron chi connectivity index (χ1n) is 5.96. The van der Waals surface area contributed by atoms with E-state index in [0.717, 1.165) is 11.3 Å². The second-order valence-corrected chi connectivity index (χ2v) is 4.75. The Kier molecular flexibility index (Phi) is 4.12. The first kappa shape index (κ1) is 13.5. The molecule has 2 aromatic carbocycles. The average Bonchev–Trinajstić information content (AvgIpc) is 2.35. The lowest BCUT2D eigenvalue weighted by molar-refractivity contribution is 0.628. The topological polar surface area (TPSA) is 24.1 Å². The predicted octanol–water partition coefficient (Wildman–Crippen LogP) is 4.25. The van der Waals surface area contributed by atoms with Crippen LogP contribution in [0.25, 0.3) is 0 Å². The van der Waals surface area contributed by atoms with Crippen LogP contribution in [0.1, 0.15) is 11.1 Å². The number of anilines is 2. The van der Waals surface area contributed by atoms with Crippen molar-refractivity contribution in [2.75, 3.05) is 10.6 Å². The first-order valence-corrected chi connectivity index (χ1v) is 6.37. The third-order valence-corrected chi connectivity index (χ3v) is 3.14. The standard InChI is InChI=1S/C15H15FN2S/c1-10-5-3-8-14(11(10)2)18-15(19)17-13-7-4-6-12(16)9-13/h3-9H,1-2H3,(H2,17,18,19). The Morgan fingerprint density at radius 3 is 2.53 bits per heavy atom. The summed E-state index contributed by atoms with van der Waals surface area (Å²) in [6, 6.07) is 12.2. The molecule has 0 aliphatic heterocycles. The van der Waals surface area contributed by atoms with E-state index < -0.39 is 0 Å². The number of halogens is 1. The van der Waals surface area contributed by atoms with Gasteiger partial charge in [-0.1, -0.05) is 18.2 Å². The smallest absolute Gasteiger partial charge is 0.175 e. The van der Waals surface area contributed by atoms with Crippen molar-refractivity contribution in [3.8, 4) is 0 Å². The van der Waals surface area contributed by atoms with Gasteiger partial charge >= 0.3 is 0 Å². The van der Waals surface area contributed by atoms with Crippen molar-refractivity contribution in [1.82, 2.24) is 0 Å². The third-order valence-electron chi connectivity index (χ3n) is 2.94. The molecule has 19 heavy (non-hydrogen) atoms. The van der Waals surface area contributed by atoms with Gasteiger partial charge in [0.05, 0.1) is 0 Å². The van der Waals surface area contributed by atoms with Crippen LogP contribution >= 0.6 is 12.2 Å². The van der Waals surface area contributed by atoms with Gasteiger partial charge in [0.1, 0.15) is 5.82 Å². The Bertz CT molecular complexity index is 611. The molecule has 0 unspecified atom stereocenters. The van der Waals surface area contributed by atoms with E-state index in [1.807, 2.05) is 32.0 Å². The van der Waals surface area contributed by atoms with Gasteiger partial charge in [-0.15, -0.1) is 0 Å². The monoisotopic (exact) mass is 274 g/mol. The number of nitrogens with one attached hydrogen (secondary N) is 2. The number of hydrogen-bond acceptors (Lipinski definition) is 1. The average molecular weight is 274 g/mol. The molecule has 2 aromatic rings. The predicted molar refractivity (Wildman–Crippen MR) is 82.2 cm³/mol. The van der Waals surface area contributed by atoms with E-state index in [4.69, 9.17) is 12.2 Å². The molecule has 4 heteroatoms. The van der Waals surface area contributed by atoms with Gasteiger partial charge in [0.15, 0.2) is 5.11 Å². The van der Waals surface area contributed by atoms with E-state index in [9.17, 15) is 4.39 Å². The summed E-state index contributed by atoms with van der Waals surface area (Å²) in [5, 5.41) is 6.52. The minimum atomic E-state index is -0.292. The second-order valence-electron chi connectivity index (χ2n) is 4.34. The maximum atomic E-state index is 13.1. The van der Waals surface area contributed by atoms with Crippen LogP contribution in [0.5, 0.6) is 0 Å². The lowest BCUT2D eigenvalue weighted by Crippen LogP contribution is -2.19. The van der Waals surface area contributed by atoms with Gasteiger partial charge in [-0.05, 0) is 61.5 Å². The summed E-state index contributed by atoms with van der Waals surface area (Å²) in [6.07, 6.45) is 0. The molecule has 0 fully saturated rings. The van der Waals surface area contributed by atoms with Gasteiger partial charge in [-0.25, -0.2) is 4.39 Å². The van der Waals surface area contributed by atoms with Gasteiger partial charge in [0.2, 0.25) is 0 Å². The lowest BCUT2D eigenvalue weighted by Gasteiger charge is -2.13. The van der Waals surface area contributed by atoms with Crippen LogP contribution in [0.2, 0.25) is 0 Å². The van der Waals surface area contributed by atoms with Crippen molar-refractivity contribution < 1.29 is 4.39 Å². The molecule has 0 saturated carbocycles. The highest BCUT2D eigenvalue weighted by Gasteiger charge is 2.03. The number of benzene rings is 2. The molecule has 0 aliphatic rings. The summed E-state index contributed by atoms with van der Waals surface area (Å²) in [5.74, 6) is -0.292. The van der Waals surface area contributed by atoms with Crippen molar-refractivity contribution in [3.05, 3.63) is 59.4 Å². The highest BCUT2D eigenvalue weighted by Crippen LogP contribution is 2.18. The molecule has 0 spiro atoms. The lowest BCUT2D eigenvalue weighted by atomic mass is 10.1. The van der Waals surface area contributed by atoms with E-state index in [0.29, 0.717) is 10.8 Å². The third kappa shape index (κ3) is 3.51. The molecule has 0 heterocycles.